The Kier molecular flexibility index (Phi) is 5.84. The first-order valence-corrected chi connectivity index (χ1v) is 7.75. The second-order valence-electron chi connectivity index (χ2n) is 7.52. The summed E-state index contributed by atoms with van der Waals surface area (Å²) in [5.74, 6) is 1.28. The molecule has 0 heterocycles. The quantitative estimate of drug-likeness (QED) is 0.805. The smallest absolute Gasteiger partial charge is 0.236 e. The third-order valence-corrected chi connectivity index (χ3v) is 4.24. The highest BCUT2D eigenvalue weighted by Gasteiger charge is 2.33. The van der Waals surface area contributed by atoms with Crippen LogP contribution in [0.2, 0.25) is 0 Å². The van der Waals surface area contributed by atoms with Crippen molar-refractivity contribution >= 4 is 5.91 Å². The first kappa shape index (κ1) is 16.5. The minimum atomic E-state index is -0.0904. The second kappa shape index (κ2) is 6.74. The molecule has 0 aliphatic heterocycles. The average molecular weight is 268 g/mol. The van der Waals surface area contributed by atoms with Gasteiger partial charge in [0.25, 0.3) is 0 Å². The molecule has 2 N–H and O–H groups in total. The third-order valence-electron chi connectivity index (χ3n) is 4.24. The Morgan fingerprint density at radius 1 is 1.32 bits per heavy atom. The molecule has 19 heavy (non-hydrogen) atoms. The number of carbonyl (C=O) groups is 1. The highest BCUT2D eigenvalue weighted by atomic mass is 16.2. The standard InChI is InChI=1S/C16H32N2O/c1-11(2)10-17-15(19)13(4)18-14-7-8-16(5,6)9-12(14)3/h11-14,18H,7-10H2,1-6H3,(H,17,19). The monoisotopic (exact) mass is 268 g/mol. The molecule has 1 amide bonds. The molecule has 112 valence electrons. The maximum Gasteiger partial charge on any atom is 0.236 e. The topological polar surface area (TPSA) is 41.1 Å². The van der Waals surface area contributed by atoms with Crippen molar-refractivity contribution in [3.05, 3.63) is 0 Å². The Hall–Kier alpha value is -0.570. The van der Waals surface area contributed by atoms with Crippen molar-refractivity contribution in [3.8, 4) is 0 Å². The van der Waals surface area contributed by atoms with E-state index >= 15 is 0 Å². The average Bonchev–Trinajstić information content (AvgIpc) is 2.28. The van der Waals surface area contributed by atoms with E-state index in [0.29, 0.717) is 23.3 Å². The first-order chi connectivity index (χ1) is 8.71. The highest BCUT2D eigenvalue weighted by Crippen LogP contribution is 2.38. The lowest BCUT2D eigenvalue weighted by molar-refractivity contribution is -0.123. The Balaban J connectivity index is 2.40. The number of nitrogens with one attached hydrogen (secondary N) is 2. The van der Waals surface area contributed by atoms with Crippen LogP contribution in [-0.4, -0.2) is 24.5 Å². The molecule has 1 aliphatic rings. The highest BCUT2D eigenvalue weighted by molar-refractivity contribution is 5.81. The van der Waals surface area contributed by atoms with Gasteiger partial charge in [0, 0.05) is 12.6 Å². The molecule has 0 aromatic heterocycles. The van der Waals surface area contributed by atoms with E-state index in [1.165, 1.54) is 19.3 Å². The molecule has 0 aromatic rings. The van der Waals surface area contributed by atoms with Gasteiger partial charge in [-0.1, -0.05) is 34.6 Å². The lowest BCUT2D eigenvalue weighted by atomic mass is 9.70. The largest absolute Gasteiger partial charge is 0.354 e. The normalized spacial score (nSPS) is 28.2. The zero-order chi connectivity index (χ0) is 14.6. The van der Waals surface area contributed by atoms with Gasteiger partial charge in [-0.15, -0.1) is 0 Å². The lowest BCUT2D eigenvalue weighted by Crippen LogP contribution is -2.51. The third kappa shape index (κ3) is 5.52. The number of hydrogen-bond acceptors (Lipinski definition) is 2. The molecule has 1 saturated carbocycles. The predicted molar refractivity (Wildman–Crippen MR) is 81.0 cm³/mol. The molecule has 0 saturated heterocycles. The second-order valence-corrected chi connectivity index (χ2v) is 7.52. The fourth-order valence-corrected chi connectivity index (χ4v) is 3.05. The van der Waals surface area contributed by atoms with Crippen molar-refractivity contribution in [2.75, 3.05) is 6.54 Å². The summed E-state index contributed by atoms with van der Waals surface area (Å²) in [6.45, 7) is 14.0. The molecular formula is C16H32N2O. The molecule has 0 aromatic carbocycles. The SMILES string of the molecule is CC(C)CNC(=O)C(C)NC1CCC(C)(C)CC1C. The number of carbonyl (C=O) groups excluding carboxylic acids is 1. The van der Waals surface area contributed by atoms with Crippen LogP contribution in [0.5, 0.6) is 0 Å². The molecule has 1 aliphatic carbocycles. The Morgan fingerprint density at radius 3 is 2.47 bits per heavy atom. The summed E-state index contributed by atoms with van der Waals surface area (Å²) >= 11 is 0. The van der Waals surface area contributed by atoms with Crippen LogP contribution in [0.15, 0.2) is 0 Å². The van der Waals surface area contributed by atoms with Crippen molar-refractivity contribution in [3.63, 3.8) is 0 Å². The van der Waals surface area contributed by atoms with E-state index in [1.807, 2.05) is 6.92 Å². The molecule has 3 heteroatoms. The van der Waals surface area contributed by atoms with Crippen LogP contribution >= 0.6 is 0 Å². The molecule has 1 rings (SSSR count). The van der Waals surface area contributed by atoms with Crippen LogP contribution in [0, 0.1) is 17.3 Å². The molecule has 3 unspecified atom stereocenters. The molecule has 0 spiro atoms. The van der Waals surface area contributed by atoms with Gasteiger partial charge in [-0.05, 0) is 43.4 Å². The summed E-state index contributed by atoms with van der Waals surface area (Å²) < 4.78 is 0. The van der Waals surface area contributed by atoms with Gasteiger partial charge in [0.2, 0.25) is 5.91 Å². The van der Waals surface area contributed by atoms with Gasteiger partial charge >= 0.3 is 0 Å². The van der Waals surface area contributed by atoms with E-state index in [1.54, 1.807) is 0 Å². The van der Waals surface area contributed by atoms with Crippen LogP contribution in [-0.2, 0) is 4.79 Å². The summed E-state index contributed by atoms with van der Waals surface area (Å²) in [5, 5.41) is 6.52. The molecular weight excluding hydrogens is 236 g/mol. The van der Waals surface area contributed by atoms with Crippen molar-refractivity contribution in [1.82, 2.24) is 10.6 Å². The first-order valence-electron chi connectivity index (χ1n) is 7.75. The van der Waals surface area contributed by atoms with Crippen molar-refractivity contribution in [2.24, 2.45) is 17.3 Å². The fraction of sp³-hybridized carbons (Fsp3) is 0.938. The minimum absolute atomic E-state index is 0.0904. The van der Waals surface area contributed by atoms with Crippen LogP contribution in [0.1, 0.15) is 60.8 Å². The maximum atomic E-state index is 12.0. The van der Waals surface area contributed by atoms with Gasteiger partial charge in [-0.3, -0.25) is 4.79 Å². The molecule has 3 atom stereocenters. The van der Waals surface area contributed by atoms with Crippen LogP contribution in [0.3, 0.4) is 0 Å². The van der Waals surface area contributed by atoms with Crippen LogP contribution < -0.4 is 10.6 Å². The maximum absolute atomic E-state index is 12.0. The lowest BCUT2D eigenvalue weighted by Gasteiger charge is -2.40. The number of hydrogen-bond donors (Lipinski definition) is 2. The Bertz CT molecular complexity index is 299. The summed E-state index contributed by atoms with van der Waals surface area (Å²) in [6, 6.07) is 0.389. The zero-order valence-corrected chi connectivity index (χ0v) is 13.5. The minimum Gasteiger partial charge on any atom is -0.354 e. The van der Waals surface area contributed by atoms with E-state index < -0.39 is 0 Å². The number of amides is 1. The molecule has 0 bridgehead atoms. The van der Waals surface area contributed by atoms with E-state index in [4.69, 9.17) is 0 Å². The van der Waals surface area contributed by atoms with Gasteiger partial charge in [0.1, 0.15) is 0 Å². The zero-order valence-electron chi connectivity index (χ0n) is 13.5. The summed E-state index contributed by atoms with van der Waals surface area (Å²) in [6.07, 6.45) is 3.66. The van der Waals surface area contributed by atoms with Crippen molar-refractivity contribution in [2.45, 2.75) is 72.9 Å². The Labute approximate surface area is 118 Å². The van der Waals surface area contributed by atoms with E-state index in [2.05, 4.69) is 45.3 Å². The summed E-state index contributed by atoms with van der Waals surface area (Å²) in [7, 11) is 0. The molecule has 0 radical (unpaired) electrons. The summed E-state index contributed by atoms with van der Waals surface area (Å²) in [4.78, 5) is 12.0. The molecule has 1 fully saturated rings. The summed E-state index contributed by atoms with van der Waals surface area (Å²) in [5.41, 5.74) is 0.459. The van der Waals surface area contributed by atoms with Crippen molar-refractivity contribution in [1.29, 1.82) is 0 Å². The van der Waals surface area contributed by atoms with Gasteiger partial charge in [-0.25, -0.2) is 0 Å². The van der Waals surface area contributed by atoms with Crippen LogP contribution in [0.4, 0.5) is 0 Å². The van der Waals surface area contributed by atoms with Gasteiger partial charge in [0.15, 0.2) is 0 Å². The van der Waals surface area contributed by atoms with E-state index in [-0.39, 0.29) is 11.9 Å². The van der Waals surface area contributed by atoms with E-state index in [0.717, 1.165) is 6.54 Å². The van der Waals surface area contributed by atoms with Gasteiger partial charge in [-0.2, -0.15) is 0 Å². The van der Waals surface area contributed by atoms with Crippen molar-refractivity contribution < 1.29 is 4.79 Å². The number of rotatable bonds is 5. The van der Waals surface area contributed by atoms with Gasteiger partial charge < -0.3 is 10.6 Å². The van der Waals surface area contributed by atoms with E-state index in [9.17, 15) is 4.79 Å². The fourth-order valence-electron chi connectivity index (χ4n) is 3.05. The van der Waals surface area contributed by atoms with Gasteiger partial charge in [0.05, 0.1) is 6.04 Å². The molecule has 3 nitrogen and oxygen atoms in total. The Morgan fingerprint density at radius 2 is 1.95 bits per heavy atom. The van der Waals surface area contributed by atoms with Crippen LogP contribution in [0.25, 0.3) is 0 Å². The predicted octanol–water partition coefficient (Wildman–Crippen LogP) is 2.95.